The van der Waals surface area contributed by atoms with Gasteiger partial charge in [0, 0.05) is 28.7 Å². The van der Waals surface area contributed by atoms with E-state index in [1.54, 1.807) is 6.07 Å². The topological polar surface area (TPSA) is 21.3 Å². The molecule has 0 aliphatic rings. The predicted octanol–water partition coefficient (Wildman–Crippen LogP) is 4.46. The van der Waals surface area contributed by atoms with Crippen LogP contribution in [0.2, 0.25) is 10.0 Å². The molecule has 102 valence electrons. The molecule has 0 spiro atoms. The van der Waals surface area contributed by atoms with Crippen LogP contribution < -0.4 is 5.32 Å². The second-order valence-electron chi connectivity index (χ2n) is 4.35. The number of nitrogens with one attached hydrogen (secondary N) is 1. The zero-order valence-corrected chi connectivity index (χ0v) is 12.7. The quantitative estimate of drug-likeness (QED) is 0.800. The molecule has 2 unspecified atom stereocenters. The van der Waals surface area contributed by atoms with Crippen LogP contribution in [-0.4, -0.2) is 19.3 Å². The van der Waals surface area contributed by atoms with E-state index in [1.807, 2.05) is 19.1 Å². The molecule has 2 nitrogen and oxygen atoms in total. The molecular weight excluding hydrogens is 269 g/mol. The molecule has 0 saturated heterocycles. The maximum absolute atomic E-state index is 6.24. The highest BCUT2D eigenvalue weighted by Gasteiger charge is 2.15. The third-order valence-corrected chi connectivity index (χ3v) is 3.37. The van der Waals surface area contributed by atoms with E-state index >= 15 is 0 Å². The molecular formula is C14H21Cl2NO. The Hall–Kier alpha value is -0.280. The first kappa shape index (κ1) is 15.8. The van der Waals surface area contributed by atoms with Crippen molar-refractivity contribution in [3.8, 4) is 0 Å². The first-order valence-electron chi connectivity index (χ1n) is 6.37. The van der Waals surface area contributed by atoms with Crippen molar-refractivity contribution in [3.63, 3.8) is 0 Å². The Balaban J connectivity index is 2.70. The number of hydrogen-bond donors (Lipinski definition) is 1. The molecule has 1 rings (SSSR count). The second-order valence-corrected chi connectivity index (χ2v) is 5.20. The Bertz CT molecular complexity index is 371. The van der Waals surface area contributed by atoms with Crippen molar-refractivity contribution in [2.75, 3.05) is 13.2 Å². The van der Waals surface area contributed by atoms with E-state index in [1.165, 1.54) is 0 Å². The van der Waals surface area contributed by atoms with Gasteiger partial charge in [-0.25, -0.2) is 0 Å². The van der Waals surface area contributed by atoms with Crippen molar-refractivity contribution >= 4 is 23.2 Å². The van der Waals surface area contributed by atoms with Gasteiger partial charge in [0.2, 0.25) is 0 Å². The third-order valence-electron chi connectivity index (χ3n) is 2.80. The highest BCUT2D eigenvalue weighted by atomic mass is 35.5. The molecule has 2 atom stereocenters. The third kappa shape index (κ3) is 4.77. The normalized spacial score (nSPS) is 14.5. The summed E-state index contributed by atoms with van der Waals surface area (Å²) in [5.74, 6) is 0. The fourth-order valence-electron chi connectivity index (χ4n) is 1.90. The van der Waals surface area contributed by atoms with Gasteiger partial charge in [-0.15, -0.1) is 0 Å². The highest BCUT2D eigenvalue weighted by Crippen LogP contribution is 2.28. The minimum Gasteiger partial charge on any atom is -0.380 e. The zero-order valence-electron chi connectivity index (χ0n) is 11.2. The van der Waals surface area contributed by atoms with E-state index in [-0.39, 0.29) is 6.04 Å². The van der Waals surface area contributed by atoms with Gasteiger partial charge in [0.15, 0.2) is 0 Å². The van der Waals surface area contributed by atoms with Crippen LogP contribution >= 0.6 is 23.2 Å². The van der Waals surface area contributed by atoms with E-state index in [2.05, 4.69) is 19.2 Å². The van der Waals surface area contributed by atoms with E-state index in [9.17, 15) is 0 Å². The fourth-order valence-corrected chi connectivity index (χ4v) is 2.44. The van der Waals surface area contributed by atoms with Gasteiger partial charge >= 0.3 is 0 Å². The van der Waals surface area contributed by atoms with Crippen molar-refractivity contribution < 1.29 is 4.74 Å². The maximum atomic E-state index is 6.24. The average Bonchev–Trinajstić information content (AvgIpc) is 2.34. The SMILES string of the molecule is CCOCC(C)NC(CC)c1ccc(Cl)cc1Cl. The summed E-state index contributed by atoms with van der Waals surface area (Å²) in [6, 6.07) is 6.17. The average molecular weight is 290 g/mol. The molecule has 0 radical (unpaired) electrons. The molecule has 1 N–H and O–H groups in total. The van der Waals surface area contributed by atoms with Gasteiger partial charge in [0.05, 0.1) is 6.61 Å². The lowest BCUT2D eigenvalue weighted by Gasteiger charge is -2.23. The Labute approximate surface area is 120 Å². The first-order chi connectivity index (χ1) is 8.58. The molecule has 0 fully saturated rings. The zero-order chi connectivity index (χ0) is 13.5. The van der Waals surface area contributed by atoms with Gasteiger partial charge in [-0.05, 0) is 38.0 Å². The molecule has 0 amide bonds. The van der Waals surface area contributed by atoms with Gasteiger partial charge in [-0.2, -0.15) is 0 Å². The van der Waals surface area contributed by atoms with Crippen LogP contribution in [0.1, 0.15) is 38.8 Å². The minimum absolute atomic E-state index is 0.227. The summed E-state index contributed by atoms with van der Waals surface area (Å²) < 4.78 is 5.41. The molecule has 4 heteroatoms. The van der Waals surface area contributed by atoms with Crippen LogP contribution in [0.25, 0.3) is 0 Å². The number of halogens is 2. The smallest absolute Gasteiger partial charge is 0.0616 e. The fraction of sp³-hybridized carbons (Fsp3) is 0.571. The largest absolute Gasteiger partial charge is 0.380 e. The summed E-state index contributed by atoms with van der Waals surface area (Å²) in [5, 5.41) is 4.91. The lowest BCUT2D eigenvalue weighted by Crippen LogP contribution is -2.34. The molecule has 18 heavy (non-hydrogen) atoms. The van der Waals surface area contributed by atoms with Crippen LogP contribution in [0.4, 0.5) is 0 Å². The number of ether oxygens (including phenoxy) is 1. The van der Waals surface area contributed by atoms with Crippen LogP contribution in [0.5, 0.6) is 0 Å². The number of benzene rings is 1. The molecule has 0 aliphatic carbocycles. The van der Waals surface area contributed by atoms with Crippen molar-refractivity contribution in [1.29, 1.82) is 0 Å². The molecule has 0 saturated carbocycles. The van der Waals surface area contributed by atoms with E-state index in [4.69, 9.17) is 27.9 Å². The second kappa shape index (κ2) is 8.00. The maximum Gasteiger partial charge on any atom is 0.0616 e. The number of hydrogen-bond acceptors (Lipinski definition) is 2. The van der Waals surface area contributed by atoms with Gasteiger partial charge in [-0.3, -0.25) is 0 Å². The summed E-state index contributed by atoms with van der Waals surface area (Å²) in [6.45, 7) is 7.70. The van der Waals surface area contributed by atoms with Gasteiger partial charge in [-0.1, -0.05) is 36.2 Å². The van der Waals surface area contributed by atoms with Crippen LogP contribution in [0, 0.1) is 0 Å². The predicted molar refractivity (Wildman–Crippen MR) is 78.6 cm³/mol. The van der Waals surface area contributed by atoms with Gasteiger partial charge in [0.25, 0.3) is 0 Å². The van der Waals surface area contributed by atoms with Gasteiger partial charge < -0.3 is 10.1 Å². The van der Waals surface area contributed by atoms with E-state index in [0.717, 1.165) is 18.6 Å². The summed E-state index contributed by atoms with van der Waals surface area (Å²) in [5.41, 5.74) is 1.09. The highest BCUT2D eigenvalue weighted by molar-refractivity contribution is 6.35. The molecule has 0 heterocycles. The van der Waals surface area contributed by atoms with Crippen LogP contribution in [-0.2, 0) is 4.74 Å². The first-order valence-corrected chi connectivity index (χ1v) is 7.12. The number of rotatable bonds is 7. The van der Waals surface area contributed by atoms with Crippen molar-refractivity contribution in [3.05, 3.63) is 33.8 Å². The van der Waals surface area contributed by atoms with Crippen molar-refractivity contribution in [2.24, 2.45) is 0 Å². The summed E-state index contributed by atoms with van der Waals surface area (Å²) in [7, 11) is 0. The van der Waals surface area contributed by atoms with Crippen LogP contribution in [0.15, 0.2) is 18.2 Å². The summed E-state index contributed by atoms with van der Waals surface area (Å²) >= 11 is 12.1. The van der Waals surface area contributed by atoms with Crippen molar-refractivity contribution in [1.82, 2.24) is 5.32 Å². The minimum atomic E-state index is 0.227. The van der Waals surface area contributed by atoms with E-state index in [0.29, 0.717) is 22.7 Å². The van der Waals surface area contributed by atoms with Gasteiger partial charge in [0.1, 0.15) is 0 Å². The molecule has 1 aromatic rings. The Morgan fingerprint density at radius 1 is 1.28 bits per heavy atom. The van der Waals surface area contributed by atoms with E-state index < -0.39 is 0 Å². The molecule has 1 aromatic carbocycles. The van der Waals surface area contributed by atoms with Crippen LogP contribution in [0.3, 0.4) is 0 Å². The Morgan fingerprint density at radius 2 is 2.00 bits per heavy atom. The van der Waals surface area contributed by atoms with Crippen molar-refractivity contribution in [2.45, 2.75) is 39.3 Å². The molecule has 0 aliphatic heterocycles. The lowest BCUT2D eigenvalue weighted by molar-refractivity contribution is 0.123. The summed E-state index contributed by atoms with van der Waals surface area (Å²) in [4.78, 5) is 0. The summed E-state index contributed by atoms with van der Waals surface area (Å²) in [6.07, 6.45) is 0.970. The molecule has 0 aromatic heterocycles. The monoisotopic (exact) mass is 289 g/mol. The Kier molecular flexibility index (Phi) is 7.02. The molecule has 0 bridgehead atoms. The standard InChI is InChI=1S/C14H21Cl2NO/c1-4-14(17-10(3)9-18-5-2)12-7-6-11(15)8-13(12)16/h6-8,10,14,17H,4-5,9H2,1-3H3. The lowest BCUT2D eigenvalue weighted by atomic mass is 10.0. The Morgan fingerprint density at radius 3 is 2.56 bits per heavy atom.